The zero-order valence-electron chi connectivity index (χ0n) is 18.3. The molecule has 0 atom stereocenters. The summed E-state index contributed by atoms with van der Waals surface area (Å²) >= 11 is 0. The van der Waals surface area contributed by atoms with Gasteiger partial charge >= 0.3 is 0 Å². The van der Waals surface area contributed by atoms with E-state index in [1.54, 1.807) is 24.3 Å². The maximum atomic E-state index is 11.6. The summed E-state index contributed by atoms with van der Waals surface area (Å²) in [4.78, 5) is 22.4. The van der Waals surface area contributed by atoms with Crippen LogP contribution in [0, 0.1) is 12.3 Å². The molecule has 1 amide bonds. The third-order valence-electron chi connectivity index (χ3n) is 4.25. The molecule has 1 aromatic heterocycles. The van der Waals surface area contributed by atoms with Crippen LogP contribution in [-0.2, 0) is 0 Å². The number of H-pyrrole nitrogens is 1. The van der Waals surface area contributed by atoms with Gasteiger partial charge in [0.2, 0.25) is 0 Å². The lowest BCUT2D eigenvalue weighted by atomic mass is 10.2. The van der Waals surface area contributed by atoms with Crippen LogP contribution < -0.4 is 16.8 Å². The Kier molecular flexibility index (Phi) is 9.39. The number of unbranched alkanes of at least 4 members (excludes halogenated alkanes) is 1. The Morgan fingerprint density at radius 3 is 2.75 bits per heavy atom. The first-order valence-corrected chi connectivity index (χ1v) is 10.2. The van der Waals surface area contributed by atoms with Crippen LogP contribution in [0.5, 0.6) is 0 Å². The molecular weight excluding hydrogens is 402 g/mol. The highest BCUT2D eigenvalue weighted by molar-refractivity contribution is 6.02. The van der Waals surface area contributed by atoms with Gasteiger partial charge in [-0.1, -0.05) is 31.6 Å². The van der Waals surface area contributed by atoms with E-state index in [1.807, 2.05) is 37.3 Å². The third-order valence-corrected chi connectivity index (χ3v) is 4.25. The van der Waals surface area contributed by atoms with Gasteiger partial charge in [-0.15, -0.1) is 0 Å². The lowest BCUT2D eigenvalue weighted by Crippen LogP contribution is -2.12. The van der Waals surface area contributed by atoms with E-state index in [-0.39, 0.29) is 5.91 Å². The lowest BCUT2D eigenvalue weighted by Gasteiger charge is -2.03. The molecule has 1 heterocycles. The number of benzene rings is 2. The van der Waals surface area contributed by atoms with Gasteiger partial charge in [-0.3, -0.25) is 4.79 Å². The first-order valence-electron chi connectivity index (χ1n) is 10.2. The summed E-state index contributed by atoms with van der Waals surface area (Å²) in [5.41, 5.74) is 15.7. The average Bonchev–Trinajstić information content (AvgIpc) is 3.31. The number of hydrogen-bond acceptors (Lipinski definition) is 5. The number of amides is 1. The molecule has 3 rings (SSSR count). The number of nitrogens with zero attached hydrogens (tertiary/aromatic N) is 2. The zero-order valence-corrected chi connectivity index (χ0v) is 18.3. The van der Waals surface area contributed by atoms with Gasteiger partial charge < -0.3 is 27.2 Å². The number of aromatic nitrogens is 2. The summed E-state index contributed by atoms with van der Waals surface area (Å²) in [5, 5.41) is 9.98. The predicted molar refractivity (Wildman–Crippen MR) is 132 cm³/mol. The summed E-state index contributed by atoms with van der Waals surface area (Å²) in [6, 6.07) is 12.9. The maximum absolute atomic E-state index is 11.6. The van der Waals surface area contributed by atoms with Gasteiger partial charge in [0.05, 0.1) is 18.2 Å². The number of nitrogens with one attached hydrogen (secondary N) is 3. The topological polar surface area (TPSA) is 146 Å². The molecule has 32 heavy (non-hydrogen) atoms. The number of allylic oxidation sites excluding steroid dienone is 1. The number of carbonyl (C=O) groups excluding carboxylic acids is 1. The number of anilines is 2. The van der Waals surface area contributed by atoms with Crippen LogP contribution >= 0.6 is 0 Å². The Hall–Kier alpha value is -4.20. The van der Waals surface area contributed by atoms with E-state index >= 15 is 0 Å². The highest BCUT2D eigenvalue weighted by atomic mass is 16.1. The Morgan fingerprint density at radius 1 is 1.28 bits per heavy atom. The summed E-state index contributed by atoms with van der Waals surface area (Å²) in [5.74, 6) is 0.275. The largest absolute Gasteiger partial charge is 0.398 e. The molecule has 0 aliphatic carbocycles. The number of amidine groups is 1. The number of nitrogens with two attached hydrogens (primary N) is 2. The van der Waals surface area contributed by atoms with Crippen molar-refractivity contribution in [3.63, 3.8) is 0 Å². The summed E-state index contributed by atoms with van der Waals surface area (Å²) in [6.45, 7) is 4.08. The molecule has 166 valence electrons. The van der Waals surface area contributed by atoms with Gasteiger partial charge in [0.1, 0.15) is 11.5 Å². The lowest BCUT2D eigenvalue weighted by molar-refractivity contribution is 0.102. The average molecular weight is 432 g/mol. The fraction of sp³-hybridized carbons (Fsp3) is 0.167. The van der Waals surface area contributed by atoms with Crippen molar-refractivity contribution in [1.82, 2.24) is 9.97 Å². The molecule has 2 aromatic carbocycles. The van der Waals surface area contributed by atoms with Crippen LogP contribution in [0.2, 0.25) is 0 Å². The zero-order chi connectivity index (χ0) is 23.3. The Labute approximate surface area is 188 Å². The minimum absolute atomic E-state index is 0.182. The van der Waals surface area contributed by atoms with Crippen molar-refractivity contribution in [2.45, 2.75) is 26.7 Å². The highest BCUT2D eigenvalue weighted by Gasteiger charge is 2.06. The molecule has 3 aromatic rings. The van der Waals surface area contributed by atoms with E-state index < -0.39 is 0 Å². The van der Waals surface area contributed by atoms with Crippen LogP contribution in [0.4, 0.5) is 17.1 Å². The summed E-state index contributed by atoms with van der Waals surface area (Å²) in [7, 11) is 0. The van der Waals surface area contributed by atoms with E-state index in [9.17, 15) is 4.79 Å². The SMILES string of the molecule is CCC/C=C\C(N)=Nc1ccc(N)c(C=N)c1.Cc1cccc(NC(=O)c2cnc[nH]2)c1. The number of carbonyl (C=O) groups is 1. The second kappa shape index (κ2) is 12.5. The van der Waals surface area contributed by atoms with Crippen LogP contribution in [0.15, 0.2) is 72.1 Å². The highest BCUT2D eigenvalue weighted by Crippen LogP contribution is 2.18. The first-order chi connectivity index (χ1) is 15.4. The van der Waals surface area contributed by atoms with Crippen molar-refractivity contribution in [3.05, 3.63) is 84.0 Å². The van der Waals surface area contributed by atoms with Gasteiger partial charge in [0.15, 0.2) is 0 Å². The number of aryl methyl sites for hydroxylation is 1. The van der Waals surface area contributed by atoms with Crippen molar-refractivity contribution in [2.24, 2.45) is 10.7 Å². The van der Waals surface area contributed by atoms with Crippen molar-refractivity contribution < 1.29 is 4.79 Å². The van der Waals surface area contributed by atoms with Gasteiger partial charge in [-0.2, -0.15) is 0 Å². The molecule has 0 aliphatic heterocycles. The fourth-order valence-electron chi connectivity index (χ4n) is 2.62. The summed E-state index contributed by atoms with van der Waals surface area (Å²) < 4.78 is 0. The second-order valence-corrected chi connectivity index (χ2v) is 6.97. The summed E-state index contributed by atoms with van der Waals surface area (Å²) in [6.07, 6.45) is 10.0. The van der Waals surface area contributed by atoms with Crippen LogP contribution in [0.1, 0.15) is 41.4 Å². The minimum atomic E-state index is -0.182. The van der Waals surface area contributed by atoms with Crippen LogP contribution in [-0.4, -0.2) is 27.9 Å². The molecule has 0 spiro atoms. The molecule has 0 unspecified atom stereocenters. The Morgan fingerprint density at radius 2 is 2.09 bits per heavy atom. The molecule has 0 saturated heterocycles. The molecule has 8 heteroatoms. The normalized spacial score (nSPS) is 11.0. The van der Waals surface area contributed by atoms with E-state index in [2.05, 4.69) is 27.2 Å². The van der Waals surface area contributed by atoms with E-state index in [1.165, 1.54) is 18.7 Å². The van der Waals surface area contributed by atoms with Crippen LogP contribution in [0.3, 0.4) is 0 Å². The number of rotatable bonds is 7. The molecule has 0 fully saturated rings. The molecule has 0 aliphatic rings. The maximum Gasteiger partial charge on any atom is 0.273 e. The quantitative estimate of drug-likeness (QED) is 0.212. The number of hydrogen-bond donors (Lipinski definition) is 5. The number of aliphatic imine (C=N–C) groups is 1. The molecular formula is C24H29N7O. The molecule has 0 radical (unpaired) electrons. The third kappa shape index (κ3) is 7.91. The van der Waals surface area contributed by atoms with Crippen molar-refractivity contribution in [1.29, 1.82) is 5.41 Å². The number of aromatic amines is 1. The van der Waals surface area contributed by atoms with Crippen LogP contribution in [0.25, 0.3) is 0 Å². The monoisotopic (exact) mass is 431 g/mol. The predicted octanol–water partition coefficient (Wildman–Crippen LogP) is 4.58. The molecule has 8 nitrogen and oxygen atoms in total. The smallest absolute Gasteiger partial charge is 0.273 e. The fourth-order valence-corrected chi connectivity index (χ4v) is 2.62. The van der Waals surface area contributed by atoms with E-state index in [0.717, 1.165) is 24.1 Å². The van der Waals surface area contributed by atoms with E-state index in [0.29, 0.717) is 28.5 Å². The van der Waals surface area contributed by atoms with Gasteiger partial charge in [0, 0.05) is 23.2 Å². The van der Waals surface area contributed by atoms with Crippen molar-refractivity contribution in [2.75, 3.05) is 11.1 Å². The standard InChI is InChI=1S/C13H18N4.C11H11N3O/c1-2-3-4-5-13(16)17-11-6-7-12(15)10(8-11)9-14;1-8-3-2-4-9(5-8)14-11(15)10-6-12-7-13-10/h4-9,14H,2-3,15H2,1H3,(H2,16,17);2-7H,1H3,(H,12,13)(H,14,15)/b5-4-,14-9?;. The number of nitrogen functional groups attached to an aromatic ring is 1. The molecule has 0 saturated carbocycles. The van der Waals surface area contributed by atoms with Gasteiger partial charge in [-0.05, 0) is 55.3 Å². The van der Waals surface area contributed by atoms with Gasteiger partial charge in [0.25, 0.3) is 5.91 Å². The number of imidazole rings is 1. The van der Waals surface area contributed by atoms with Gasteiger partial charge in [-0.25, -0.2) is 9.98 Å². The molecule has 0 bridgehead atoms. The van der Waals surface area contributed by atoms with Crippen molar-refractivity contribution >= 4 is 35.0 Å². The first kappa shape index (κ1) is 24.1. The Bertz CT molecular complexity index is 1090. The Balaban J connectivity index is 0.000000228. The molecule has 7 N–H and O–H groups in total. The van der Waals surface area contributed by atoms with E-state index in [4.69, 9.17) is 16.9 Å². The second-order valence-electron chi connectivity index (χ2n) is 6.97. The van der Waals surface area contributed by atoms with Crippen molar-refractivity contribution in [3.8, 4) is 0 Å². The minimum Gasteiger partial charge on any atom is -0.398 e.